The first-order valence-electron chi connectivity index (χ1n) is 6.36. The Bertz CT molecular complexity index is 595. The average Bonchev–Trinajstić information content (AvgIpc) is 2.78. The van der Waals surface area contributed by atoms with Gasteiger partial charge in [-0.05, 0) is 39.1 Å². The highest BCUT2D eigenvalue weighted by Crippen LogP contribution is 2.23. The Morgan fingerprint density at radius 1 is 1.40 bits per heavy atom. The normalized spacial score (nSPS) is 22.6. The van der Waals surface area contributed by atoms with Gasteiger partial charge in [0.15, 0.2) is 0 Å². The third kappa shape index (κ3) is 2.87. The summed E-state index contributed by atoms with van der Waals surface area (Å²) in [5, 5.41) is 8.48. The number of nitrogens with zero attached hydrogens (tertiary/aromatic N) is 2. The average molecular weight is 302 g/mol. The first-order chi connectivity index (χ1) is 9.32. The third-order valence-corrected chi connectivity index (χ3v) is 5.23. The molecule has 1 fully saturated rings. The summed E-state index contributed by atoms with van der Waals surface area (Å²) in [6, 6.07) is 2.16. The van der Waals surface area contributed by atoms with Crippen molar-refractivity contribution in [2.24, 2.45) is 0 Å². The van der Waals surface area contributed by atoms with Gasteiger partial charge in [-0.1, -0.05) is 0 Å². The van der Waals surface area contributed by atoms with Crippen molar-refractivity contribution in [1.29, 1.82) is 0 Å². The fraction of sp³-hybridized carbons (Fsp3) is 0.583. The first-order valence-corrected chi connectivity index (χ1v) is 7.80. The van der Waals surface area contributed by atoms with Gasteiger partial charge in [0.2, 0.25) is 10.9 Å². The molecule has 1 unspecified atom stereocenters. The molecule has 1 atom stereocenters. The van der Waals surface area contributed by atoms with Crippen molar-refractivity contribution in [3.8, 4) is 0 Å². The van der Waals surface area contributed by atoms with Gasteiger partial charge in [-0.25, -0.2) is 13.2 Å². The second kappa shape index (κ2) is 5.55. The maximum absolute atomic E-state index is 12.5. The summed E-state index contributed by atoms with van der Waals surface area (Å²) in [5.74, 6) is -1.65. The lowest BCUT2D eigenvalue weighted by atomic mass is 10.3. The van der Waals surface area contributed by atoms with E-state index in [0.717, 1.165) is 19.0 Å². The Labute approximate surface area is 117 Å². The number of aromatic carboxylic acids is 1. The van der Waals surface area contributed by atoms with Crippen molar-refractivity contribution in [2.45, 2.75) is 24.5 Å². The van der Waals surface area contributed by atoms with E-state index < -0.39 is 16.0 Å². The lowest BCUT2D eigenvalue weighted by Crippen LogP contribution is -2.41. The van der Waals surface area contributed by atoms with Crippen LogP contribution in [0.1, 0.15) is 23.9 Å². The largest absolute Gasteiger partial charge is 0.475 e. The minimum atomic E-state index is -3.79. The van der Waals surface area contributed by atoms with Crippen LogP contribution in [-0.2, 0) is 10.0 Å². The van der Waals surface area contributed by atoms with Crippen LogP contribution in [0.4, 0.5) is 0 Å². The fourth-order valence-electron chi connectivity index (χ4n) is 2.40. The van der Waals surface area contributed by atoms with Crippen LogP contribution >= 0.6 is 0 Å². The van der Waals surface area contributed by atoms with Gasteiger partial charge in [0.05, 0.1) is 0 Å². The zero-order valence-corrected chi connectivity index (χ0v) is 12.3. The van der Waals surface area contributed by atoms with Crippen molar-refractivity contribution in [1.82, 2.24) is 9.21 Å². The third-order valence-electron chi connectivity index (χ3n) is 3.34. The van der Waals surface area contributed by atoms with Crippen LogP contribution in [0, 0.1) is 0 Å². The molecule has 1 aliphatic heterocycles. The number of carboxylic acids is 1. The quantitative estimate of drug-likeness (QED) is 0.883. The molecule has 0 radical (unpaired) electrons. The summed E-state index contributed by atoms with van der Waals surface area (Å²) < 4.78 is 31.3. The molecule has 0 bridgehead atoms. The van der Waals surface area contributed by atoms with Crippen LogP contribution < -0.4 is 0 Å². The maximum Gasteiger partial charge on any atom is 0.371 e. The van der Waals surface area contributed by atoms with Crippen LogP contribution in [0.5, 0.6) is 0 Å². The molecule has 1 aliphatic rings. The lowest BCUT2D eigenvalue weighted by Gasteiger charge is -2.26. The van der Waals surface area contributed by atoms with Gasteiger partial charge in [0.1, 0.15) is 0 Å². The highest BCUT2D eigenvalue weighted by Gasteiger charge is 2.33. The Morgan fingerprint density at radius 2 is 2.10 bits per heavy atom. The number of sulfonamides is 1. The zero-order chi connectivity index (χ0) is 14.9. The molecule has 1 N–H and O–H groups in total. The summed E-state index contributed by atoms with van der Waals surface area (Å²) in [7, 11) is -1.85. The van der Waals surface area contributed by atoms with E-state index in [-0.39, 0.29) is 16.9 Å². The molecular formula is C12H18N2O5S. The summed E-state index contributed by atoms with van der Waals surface area (Å²) >= 11 is 0. The van der Waals surface area contributed by atoms with E-state index in [1.54, 1.807) is 0 Å². The molecule has 2 rings (SSSR count). The van der Waals surface area contributed by atoms with Gasteiger partial charge < -0.3 is 14.4 Å². The molecule has 2 heterocycles. The van der Waals surface area contributed by atoms with Crippen molar-refractivity contribution in [3.63, 3.8) is 0 Å². The molecule has 0 aliphatic carbocycles. The highest BCUT2D eigenvalue weighted by atomic mass is 32.2. The predicted octanol–water partition coefficient (Wildman–Crippen LogP) is 0.693. The van der Waals surface area contributed by atoms with Crippen LogP contribution in [-0.4, -0.2) is 61.4 Å². The van der Waals surface area contributed by atoms with Gasteiger partial charge in [0, 0.05) is 19.1 Å². The first kappa shape index (κ1) is 15.0. The van der Waals surface area contributed by atoms with Gasteiger partial charge in [-0.15, -0.1) is 0 Å². The second-order valence-electron chi connectivity index (χ2n) is 5.00. The smallest absolute Gasteiger partial charge is 0.371 e. The van der Waals surface area contributed by atoms with Gasteiger partial charge >= 0.3 is 5.97 Å². The van der Waals surface area contributed by atoms with Crippen molar-refractivity contribution in [2.75, 3.05) is 26.7 Å². The van der Waals surface area contributed by atoms with E-state index in [2.05, 4.69) is 4.90 Å². The lowest BCUT2D eigenvalue weighted by molar-refractivity contribution is 0.0656. The van der Waals surface area contributed by atoms with Crippen molar-refractivity contribution >= 4 is 16.0 Å². The van der Waals surface area contributed by atoms with Crippen LogP contribution in [0.2, 0.25) is 0 Å². The van der Waals surface area contributed by atoms with E-state index in [1.165, 1.54) is 10.4 Å². The molecule has 0 saturated carbocycles. The minimum Gasteiger partial charge on any atom is -0.475 e. The Kier molecular flexibility index (Phi) is 4.17. The summed E-state index contributed by atoms with van der Waals surface area (Å²) in [5.41, 5.74) is 0. The molecule has 1 aromatic rings. The number of furan rings is 1. The van der Waals surface area contributed by atoms with E-state index in [0.29, 0.717) is 13.1 Å². The summed E-state index contributed by atoms with van der Waals surface area (Å²) in [4.78, 5) is 12.8. The molecule has 1 aromatic heterocycles. The Morgan fingerprint density at radius 3 is 2.70 bits per heavy atom. The van der Waals surface area contributed by atoms with Gasteiger partial charge in [-0.2, -0.15) is 4.31 Å². The Hall–Kier alpha value is -1.38. The molecular weight excluding hydrogens is 284 g/mol. The molecule has 0 amide bonds. The van der Waals surface area contributed by atoms with Gasteiger partial charge in [0.25, 0.3) is 10.0 Å². The molecule has 20 heavy (non-hydrogen) atoms. The van der Waals surface area contributed by atoms with Crippen LogP contribution in [0.15, 0.2) is 21.6 Å². The molecule has 0 spiro atoms. The maximum atomic E-state index is 12.5. The molecule has 1 saturated heterocycles. The molecule has 8 heteroatoms. The van der Waals surface area contributed by atoms with Crippen LogP contribution in [0.25, 0.3) is 0 Å². The standard InChI is InChI=1S/C12H18N2O5S/c1-9-8-13(2)6-3-7-14(9)20(17,18)11-5-4-10(19-11)12(15)16/h4-5,9H,3,6-8H2,1-2H3,(H,15,16). The Balaban J connectivity index is 2.30. The van der Waals surface area contributed by atoms with Crippen molar-refractivity contribution < 1.29 is 22.7 Å². The number of hydrogen-bond donors (Lipinski definition) is 1. The number of rotatable bonds is 3. The number of likely N-dealkylation sites (N-methyl/N-ethyl adjacent to an activating group) is 1. The second-order valence-corrected chi connectivity index (χ2v) is 6.83. The van der Waals surface area contributed by atoms with E-state index in [9.17, 15) is 13.2 Å². The topological polar surface area (TPSA) is 91.1 Å². The highest BCUT2D eigenvalue weighted by molar-refractivity contribution is 7.89. The van der Waals surface area contributed by atoms with Gasteiger partial charge in [-0.3, -0.25) is 0 Å². The predicted molar refractivity (Wildman–Crippen MR) is 71.1 cm³/mol. The van der Waals surface area contributed by atoms with Crippen LogP contribution in [0.3, 0.4) is 0 Å². The minimum absolute atomic E-state index is 0.189. The van der Waals surface area contributed by atoms with Crippen molar-refractivity contribution in [3.05, 3.63) is 17.9 Å². The number of carboxylic acid groups (broad SMARTS) is 1. The van der Waals surface area contributed by atoms with E-state index in [1.807, 2.05) is 14.0 Å². The monoisotopic (exact) mass is 302 g/mol. The molecule has 7 nitrogen and oxygen atoms in total. The van der Waals surface area contributed by atoms with E-state index >= 15 is 0 Å². The summed E-state index contributed by atoms with van der Waals surface area (Å²) in [6.07, 6.45) is 0.729. The van der Waals surface area contributed by atoms with E-state index in [4.69, 9.17) is 9.52 Å². The summed E-state index contributed by atoms with van der Waals surface area (Å²) in [6.45, 7) is 3.69. The fourth-order valence-corrected chi connectivity index (χ4v) is 3.97. The SMILES string of the molecule is CC1CN(C)CCCN1S(=O)(=O)c1ccc(C(=O)O)o1. The molecule has 0 aromatic carbocycles. The zero-order valence-electron chi connectivity index (χ0n) is 11.4. The molecule has 112 valence electrons. The number of carbonyl (C=O) groups is 1. The number of hydrogen-bond acceptors (Lipinski definition) is 5.